The third-order valence-corrected chi connectivity index (χ3v) is 5.68. The van der Waals surface area contributed by atoms with Crippen LogP contribution in [-0.2, 0) is 14.3 Å². The molecule has 10 nitrogen and oxygen atoms in total. The number of rotatable bonds is 8. The van der Waals surface area contributed by atoms with E-state index < -0.39 is 28.8 Å². The van der Waals surface area contributed by atoms with E-state index in [0.29, 0.717) is 11.4 Å². The predicted molar refractivity (Wildman–Crippen MR) is 127 cm³/mol. The Morgan fingerprint density at radius 1 is 1.12 bits per heavy atom. The lowest BCUT2D eigenvalue weighted by atomic mass is 10.1. The second-order valence-electron chi connectivity index (χ2n) is 8.24. The zero-order valence-electron chi connectivity index (χ0n) is 19.4. The molecule has 0 bridgehead atoms. The average molecular weight is 469 g/mol. The minimum Gasteiger partial charge on any atom is -0.449 e. The van der Waals surface area contributed by atoms with Gasteiger partial charge in [-0.2, -0.15) is 0 Å². The van der Waals surface area contributed by atoms with Gasteiger partial charge in [0.2, 0.25) is 5.91 Å². The number of nitro groups is 1. The highest BCUT2D eigenvalue weighted by molar-refractivity contribution is 5.97. The number of amides is 2. The number of benzene rings is 2. The molecule has 3 rings (SSSR count). The molecule has 1 heterocycles. The molecule has 1 atom stereocenters. The van der Waals surface area contributed by atoms with Gasteiger partial charge < -0.3 is 20.3 Å². The summed E-state index contributed by atoms with van der Waals surface area (Å²) in [7, 11) is 0. The monoisotopic (exact) mass is 468 g/mol. The summed E-state index contributed by atoms with van der Waals surface area (Å²) in [5, 5.41) is 16.7. The fraction of sp³-hybridized carbons (Fsp3) is 0.375. The van der Waals surface area contributed by atoms with Gasteiger partial charge in [-0.3, -0.25) is 19.7 Å². The summed E-state index contributed by atoms with van der Waals surface area (Å²) in [5.41, 5.74) is 2.72. The quantitative estimate of drug-likeness (QED) is 0.346. The zero-order chi connectivity index (χ0) is 24.8. The van der Waals surface area contributed by atoms with Gasteiger partial charge in [-0.1, -0.05) is 18.2 Å². The van der Waals surface area contributed by atoms with Crippen LogP contribution in [0, 0.1) is 24.0 Å². The van der Waals surface area contributed by atoms with Crippen molar-refractivity contribution >= 4 is 34.8 Å². The van der Waals surface area contributed by atoms with E-state index in [9.17, 15) is 24.5 Å². The molecule has 1 aliphatic rings. The predicted octanol–water partition coefficient (Wildman–Crippen LogP) is 3.11. The van der Waals surface area contributed by atoms with Crippen molar-refractivity contribution in [2.75, 3.05) is 29.9 Å². The van der Waals surface area contributed by atoms with Crippen molar-refractivity contribution < 1.29 is 24.0 Å². The van der Waals surface area contributed by atoms with E-state index >= 15 is 0 Å². The zero-order valence-corrected chi connectivity index (χ0v) is 19.4. The molecule has 1 aliphatic heterocycles. The second-order valence-corrected chi connectivity index (χ2v) is 8.24. The maximum absolute atomic E-state index is 12.5. The fourth-order valence-electron chi connectivity index (χ4n) is 3.81. The standard InChI is InChI=1S/C24H28N4O6/c1-15-7-6-8-16(2)22(15)26-21(29)14-25-23(30)17(3)34-24(31)18-9-10-19(20(13-18)28(32)33)27-11-4-5-12-27/h6-10,13,17H,4-5,11-12,14H2,1-3H3,(H,25,30)(H,26,29). The van der Waals surface area contributed by atoms with Crippen molar-refractivity contribution in [2.24, 2.45) is 0 Å². The molecular formula is C24H28N4O6. The first-order chi connectivity index (χ1) is 16.2. The molecule has 0 radical (unpaired) electrons. The molecule has 1 unspecified atom stereocenters. The van der Waals surface area contributed by atoms with Gasteiger partial charge in [0.15, 0.2) is 6.10 Å². The van der Waals surface area contributed by atoms with Crippen molar-refractivity contribution in [1.29, 1.82) is 0 Å². The molecule has 180 valence electrons. The number of anilines is 2. The Bertz CT molecular complexity index is 1090. The van der Waals surface area contributed by atoms with Crippen molar-refractivity contribution in [3.63, 3.8) is 0 Å². The van der Waals surface area contributed by atoms with Gasteiger partial charge in [-0.15, -0.1) is 0 Å². The van der Waals surface area contributed by atoms with Crippen LogP contribution < -0.4 is 15.5 Å². The van der Waals surface area contributed by atoms with E-state index in [1.807, 2.05) is 36.9 Å². The van der Waals surface area contributed by atoms with Crippen LogP contribution in [-0.4, -0.2) is 48.4 Å². The molecule has 0 saturated carbocycles. The van der Waals surface area contributed by atoms with Crippen LogP contribution in [0.3, 0.4) is 0 Å². The number of nitro benzene ring substituents is 1. The second kappa shape index (κ2) is 10.8. The van der Waals surface area contributed by atoms with Gasteiger partial charge >= 0.3 is 5.97 Å². The maximum Gasteiger partial charge on any atom is 0.339 e. The van der Waals surface area contributed by atoms with E-state index in [1.165, 1.54) is 25.1 Å². The molecular weight excluding hydrogens is 440 g/mol. The normalized spacial score (nSPS) is 13.8. The third-order valence-electron chi connectivity index (χ3n) is 5.68. The number of aryl methyl sites for hydroxylation is 2. The molecule has 10 heteroatoms. The highest BCUT2D eigenvalue weighted by atomic mass is 16.6. The smallest absolute Gasteiger partial charge is 0.339 e. The molecule has 2 amide bonds. The average Bonchev–Trinajstić information content (AvgIpc) is 3.34. The minimum atomic E-state index is -1.20. The molecule has 2 N–H and O–H groups in total. The van der Waals surface area contributed by atoms with Gasteiger partial charge in [-0.25, -0.2) is 4.79 Å². The Labute approximate surface area is 197 Å². The lowest BCUT2D eigenvalue weighted by Crippen LogP contribution is -2.40. The van der Waals surface area contributed by atoms with Crippen LogP contribution in [0.2, 0.25) is 0 Å². The summed E-state index contributed by atoms with van der Waals surface area (Å²) in [5.74, 6) is -1.94. The van der Waals surface area contributed by atoms with Crippen LogP contribution in [0.5, 0.6) is 0 Å². The van der Waals surface area contributed by atoms with Crippen molar-refractivity contribution in [3.8, 4) is 0 Å². The van der Waals surface area contributed by atoms with Gasteiger partial charge in [0.25, 0.3) is 11.6 Å². The maximum atomic E-state index is 12.5. The number of para-hydroxylation sites is 1. The summed E-state index contributed by atoms with van der Waals surface area (Å²) < 4.78 is 5.17. The summed E-state index contributed by atoms with van der Waals surface area (Å²) in [6, 6.07) is 9.76. The molecule has 1 saturated heterocycles. The molecule has 34 heavy (non-hydrogen) atoms. The Hall–Kier alpha value is -3.95. The van der Waals surface area contributed by atoms with Gasteiger partial charge in [-0.05, 0) is 56.9 Å². The first-order valence-corrected chi connectivity index (χ1v) is 11.1. The Morgan fingerprint density at radius 3 is 2.38 bits per heavy atom. The van der Waals surface area contributed by atoms with E-state index in [0.717, 1.165) is 37.1 Å². The Kier molecular flexibility index (Phi) is 7.83. The topological polar surface area (TPSA) is 131 Å². The number of nitrogens with one attached hydrogen (secondary N) is 2. The van der Waals surface area contributed by atoms with E-state index in [2.05, 4.69) is 10.6 Å². The number of ether oxygens (including phenoxy) is 1. The van der Waals surface area contributed by atoms with E-state index in [-0.39, 0.29) is 17.8 Å². The summed E-state index contributed by atoms with van der Waals surface area (Å²) in [6.07, 6.45) is 0.713. The Balaban J connectivity index is 1.57. The van der Waals surface area contributed by atoms with E-state index in [4.69, 9.17) is 4.74 Å². The van der Waals surface area contributed by atoms with Crippen molar-refractivity contribution in [3.05, 3.63) is 63.2 Å². The first-order valence-electron chi connectivity index (χ1n) is 11.1. The van der Waals surface area contributed by atoms with Crippen LogP contribution in [0.1, 0.15) is 41.3 Å². The molecule has 1 fully saturated rings. The SMILES string of the molecule is Cc1cccc(C)c1NC(=O)CNC(=O)C(C)OC(=O)c1ccc(N2CCCC2)c([N+](=O)[O-])c1. The lowest BCUT2D eigenvalue weighted by Gasteiger charge is -2.18. The number of carbonyl (C=O) groups excluding carboxylic acids is 3. The Morgan fingerprint density at radius 2 is 1.76 bits per heavy atom. The van der Waals surface area contributed by atoms with E-state index in [1.54, 1.807) is 0 Å². The number of carbonyl (C=O) groups is 3. The summed E-state index contributed by atoms with van der Waals surface area (Å²) in [4.78, 5) is 50.0. The van der Waals surface area contributed by atoms with Gasteiger partial charge in [0, 0.05) is 24.8 Å². The van der Waals surface area contributed by atoms with Crippen LogP contribution in [0.4, 0.5) is 17.1 Å². The number of hydrogen-bond donors (Lipinski definition) is 2. The lowest BCUT2D eigenvalue weighted by molar-refractivity contribution is -0.384. The van der Waals surface area contributed by atoms with Gasteiger partial charge in [0.05, 0.1) is 17.0 Å². The van der Waals surface area contributed by atoms with Crippen molar-refractivity contribution in [2.45, 2.75) is 39.7 Å². The first kappa shape index (κ1) is 24.7. The third kappa shape index (κ3) is 5.89. The largest absolute Gasteiger partial charge is 0.449 e. The van der Waals surface area contributed by atoms with Gasteiger partial charge in [0.1, 0.15) is 5.69 Å². The molecule has 0 aromatic heterocycles. The highest BCUT2D eigenvalue weighted by Crippen LogP contribution is 2.32. The fourth-order valence-corrected chi connectivity index (χ4v) is 3.81. The van der Waals surface area contributed by atoms with Crippen molar-refractivity contribution in [1.82, 2.24) is 5.32 Å². The number of esters is 1. The minimum absolute atomic E-state index is 0.0259. The molecule has 0 spiro atoms. The number of hydrogen-bond acceptors (Lipinski definition) is 7. The summed E-state index contributed by atoms with van der Waals surface area (Å²) >= 11 is 0. The number of nitrogens with zero attached hydrogens (tertiary/aromatic N) is 2. The summed E-state index contributed by atoms with van der Waals surface area (Å²) in [6.45, 7) is 6.24. The van der Waals surface area contributed by atoms with Crippen LogP contribution in [0.25, 0.3) is 0 Å². The molecule has 2 aromatic rings. The molecule has 0 aliphatic carbocycles. The van der Waals surface area contributed by atoms with Crippen LogP contribution >= 0.6 is 0 Å². The van der Waals surface area contributed by atoms with Crippen LogP contribution in [0.15, 0.2) is 36.4 Å². The molecule has 2 aromatic carbocycles. The highest BCUT2D eigenvalue weighted by Gasteiger charge is 2.26.